The van der Waals surface area contributed by atoms with Crippen LogP contribution in [0.1, 0.15) is 43.2 Å². The van der Waals surface area contributed by atoms with Crippen molar-refractivity contribution in [3.63, 3.8) is 0 Å². The van der Waals surface area contributed by atoms with E-state index in [1.54, 1.807) is 17.6 Å². The second-order valence-electron chi connectivity index (χ2n) is 5.11. The van der Waals surface area contributed by atoms with Crippen LogP contribution in [0, 0.1) is 0 Å². The first kappa shape index (κ1) is 11.9. The molecular weight excluding hydrogens is 244 g/mol. The zero-order valence-corrected chi connectivity index (χ0v) is 11.6. The minimum Gasteiger partial charge on any atom is -0.462 e. The molecule has 0 atom stereocenters. The molecule has 0 bridgehead atoms. The third-order valence-electron chi connectivity index (χ3n) is 3.09. The maximum atomic E-state index is 5.44. The molecule has 1 aliphatic carbocycles. The van der Waals surface area contributed by atoms with Gasteiger partial charge in [-0.2, -0.15) is 0 Å². The molecule has 0 unspecified atom stereocenters. The Morgan fingerprint density at radius 3 is 2.94 bits per heavy atom. The number of hydrogen-bond donors (Lipinski definition) is 1. The van der Waals surface area contributed by atoms with Gasteiger partial charge >= 0.3 is 0 Å². The quantitative estimate of drug-likeness (QED) is 0.891. The Hall–Kier alpha value is -1.13. The van der Waals surface area contributed by atoms with Crippen LogP contribution in [-0.2, 0) is 6.54 Å². The summed E-state index contributed by atoms with van der Waals surface area (Å²) in [5.41, 5.74) is 1.29. The Labute approximate surface area is 111 Å². The molecule has 4 heteroatoms. The Morgan fingerprint density at radius 2 is 2.33 bits per heavy atom. The van der Waals surface area contributed by atoms with Gasteiger partial charge in [0.15, 0.2) is 10.8 Å². The Kier molecular flexibility index (Phi) is 3.22. The van der Waals surface area contributed by atoms with Crippen molar-refractivity contribution in [3.8, 4) is 10.8 Å². The van der Waals surface area contributed by atoms with Crippen LogP contribution < -0.4 is 5.32 Å². The predicted octanol–water partition coefficient (Wildman–Crippen LogP) is 3.78. The molecule has 2 heterocycles. The van der Waals surface area contributed by atoms with Gasteiger partial charge in [-0.3, -0.25) is 0 Å². The molecule has 1 N–H and O–H groups in total. The summed E-state index contributed by atoms with van der Waals surface area (Å²) >= 11 is 1.76. The molecule has 3 rings (SSSR count). The van der Waals surface area contributed by atoms with Gasteiger partial charge in [0, 0.05) is 23.4 Å². The Bertz CT molecular complexity index is 512. The van der Waals surface area contributed by atoms with E-state index in [-0.39, 0.29) is 0 Å². The molecule has 0 aliphatic heterocycles. The Balaban J connectivity index is 1.86. The van der Waals surface area contributed by atoms with E-state index < -0.39 is 0 Å². The maximum absolute atomic E-state index is 5.44. The van der Waals surface area contributed by atoms with Gasteiger partial charge in [-0.25, -0.2) is 4.98 Å². The number of furan rings is 1. The van der Waals surface area contributed by atoms with Gasteiger partial charge in [0.25, 0.3) is 0 Å². The number of thiazole rings is 1. The minimum atomic E-state index is 0.506. The lowest BCUT2D eigenvalue weighted by Crippen LogP contribution is -2.21. The van der Waals surface area contributed by atoms with Crippen LogP contribution in [0.3, 0.4) is 0 Å². The van der Waals surface area contributed by atoms with Crippen molar-refractivity contribution in [1.82, 2.24) is 10.3 Å². The molecular formula is C14H18N2OS. The van der Waals surface area contributed by atoms with E-state index >= 15 is 0 Å². The molecule has 1 saturated carbocycles. The highest BCUT2D eigenvalue weighted by molar-refractivity contribution is 7.15. The number of nitrogens with one attached hydrogen (secondary N) is 1. The summed E-state index contributed by atoms with van der Waals surface area (Å²) in [4.78, 5) is 6.15. The van der Waals surface area contributed by atoms with Crippen LogP contribution in [0.5, 0.6) is 0 Å². The second kappa shape index (κ2) is 4.86. The molecule has 0 amide bonds. The first-order valence-electron chi connectivity index (χ1n) is 6.51. The molecule has 1 fully saturated rings. The normalized spacial score (nSPS) is 15.5. The van der Waals surface area contributed by atoms with Gasteiger partial charge in [0.1, 0.15) is 0 Å². The van der Waals surface area contributed by atoms with E-state index in [0.29, 0.717) is 12.0 Å². The summed E-state index contributed by atoms with van der Waals surface area (Å²) in [5, 5.41) is 4.50. The molecule has 0 spiro atoms. The van der Waals surface area contributed by atoms with Gasteiger partial charge in [-0.05, 0) is 25.0 Å². The van der Waals surface area contributed by atoms with E-state index in [1.165, 1.54) is 23.4 Å². The lowest BCUT2D eigenvalue weighted by molar-refractivity contribution is 0.581. The van der Waals surface area contributed by atoms with Crippen molar-refractivity contribution in [1.29, 1.82) is 0 Å². The summed E-state index contributed by atoms with van der Waals surface area (Å²) < 4.78 is 5.44. The molecule has 2 aromatic rings. The van der Waals surface area contributed by atoms with Gasteiger partial charge in [0.05, 0.1) is 12.0 Å². The fourth-order valence-corrected chi connectivity index (χ4v) is 3.03. The second-order valence-corrected chi connectivity index (χ2v) is 6.20. The smallest absolute Gasteiger partial charge is 0.162 e. The molecule has 0 radical (unpaired) electrons. The van der Waals surface area contributed by atoms with Crippen molar-refractivity contribution in [2.45, 2.75) is 45.2 Å². The van der Waals surface area contributed by atoms with Crippen molar-refractivity contribution >= 4 is 11.3 Å². The number of hydrogen-bond acceptors (Lipinski definition) is 4. The van der Waals surface area contributed by atoms with Crippen LogP contribution in [-0.4, -0.2) is 11.0 Å². The fourth-order valence-electron chi connectivity index (χ4n) is 1.97. The fraction of sp³-hybridized carbons (Fsp3) is 0.500. The predicted molar refractivity (Wildman–Crippen MR) is 73.8 cm³/mol. The molecule has 0 aromatic carbocycles. The first-order chi connectivity index (χ1) is 8.74. The average Bonchev–Trinajstić information content (AvgIpc) is 2.91. The molecule has 1 aliphatic rings. The van der Waals surface area contributed by atoms with E-state index in [9.17, 15) is 0 Å². The zero-order chi connectivity index (χ0) is 12.5. The minimum absolute atomic E-state index is 0.506. The standard InChI is InChI=1S/C14H18N2OS/c1-9(2)15-8-12-13(10-5-6-10)16-14(18-12)11-4-3-7-17-11/h3-4,7,9-10,15H,5-6,8H2,1-2H3. The van der Waals surface area contributed by atoms with Gasteiger partial charge < -0.3 is 9.73 Å². The van der Waals surface area contributed by atoms with Crippen molar-refractivity contribution < 1.29 is 4.42 Å². The highest BCUT2D eigenvalue weighted by Crippen LogP contribution is 2.44. The lowest BCUT2D eigenvalue weighted by atomic mass is 10.2. The molecule has 18 heavy (non-hydrogen) atoms. The summed E-state index contributed by atoms with van der Waals surface area (Å²) in [5.74, 6) is 1.58. The van der Waals surface area contributed by atoms with Crippen LogP contribution in [0.15, 0.2) is 22.8 Å². The van der Waals surface area contributed by atoms with Crippen LogP contribution in [0.2, 0.25) is 0 Å². The number of aromatic nitrogens is 1. The van der Waals surface area contributed by atoms with Gasteiger partial charge in [-0.1, -0.05) is 13.8 Å². The lowest BCUT2D eigenvalue weighted by Gasteiger charge is -2.06. The van der Waals surface area contributed by atoms with Gasteiger partial charge in [0.2, 0.25) is 0 Å². The maximum Gasteiger partial charge on any atom is 0.162 e. The summed E-state index contributed by atoms with van der Waals surface area (Å²) in [6, 6.07) is 4.40. The highest BCUT2D eigenvalue weighted by Gasteiger charge is 2.30. The van der Waals surface area contributed by atoms with Crippen molar-refractivity contribution in [2.24, 2.45) is 0 Å². The molecule has 0 saturated heterocycles. The van der Waals surface area contributed by atoms with E-state index in [1.807, 2.05) is 12.1 Å². The molecule has 3 nitrogen and oxygen atoms in total. The van der Waals surface area contributed by atoms with Crippen LogP contribution >= 0.6 is 11.3 Å². The van der Waals surface area contributed by atoms with Crippen molar-refractivity contribution in [3.05, 3.63) is 29.0 Å². The monoisotopic (exact) mass is 262 g/mol. The first-order valence-corrected chi connectivity index (χ1v) is 7.32. The average molecular weight is 262 g/mol. The number of rotatable bonds is 5. The van der Waals surface area contributed by atoms with E-state index in [0.717, 1.165) is 17.3 Å². The topological polar surface area (TPSA) is 38.1 Å². The zero-order valence-electron chi connectivity index (χ0n) is 10.8. The highest BCUT2D eigenvalue weighted by atomic mass is 32.1. The van der Waals surface area contributed by atoms with E-state index in [2.05, 4.69) is 19.2 Å². The third-order valence-corrected chi connectivity index (χ3v) is 4.18. The molecule has 2 aromatic heterocycles. The summed E-state index contributed by atoms with van der Waals surface area (Å²) in [6.45, 7) is 5.26. The molecule has 96 valence electrons. The number of nitrogens with zero attached hydrogens (tertiary/aromatic N) is 1. The Morgan fingerprint density at radius 1 is 1.50 bits per heavy atom. The van der Waals surface area contributed by atoms with Crippen LogP contribution in [0.25, 0.3) is 10.8 Å². The van der Waals surface area contributed by atoms with Gasteiger partial charge in [-0.15, -0.1) is 11.3 Å². The van der Waals surface area contributed by atoms with E-state index in [4.69, 9.17) is 9.40 Å². The largest absolute Gasteiger partial charge is 0.462 e. The van der Waals surface area contributed by atoms with Crippen molar-refractivity contribution in [2.75, 3.05) is 0 Å². The summed E-state index contributed by atoms with van der Waals surface area (Å²) in [7, 11) is 0. The SMILES string of the molecule is CC(C)NCc1sc(-c2ccco2)nc1C1CC1. The third kappa shape index (κ3) is 2.49. The summed E-state index contributed by atoms with van der Waals surface area (Å²) in [6.07, 6.45) is 4.28. The van der Waals surface area contributed by atoms with Crippen LogP contribution in [0.4, 0.5) is 0 Å².